The number of unbranched alkanes of at least 4 members (excludes halogenated alkanes) is 6. The molecule has 1 aromatic heterocycles. The van der Waals surface area contributed by atoms with Crippen LogP contribution in [0, 0.1) is 6.92 Å². The third-order valence-corrected chi connectivity index (χ3v) is 9.74. The third-order valence-electron chi connectivity index (χ3n) is 9.74. The lowest BCUT2D eigenvalue weighted by molar-refractivity contribution is 0.0935. The molecule has 1 atom stereocenters. The molecule has 56 heavy (non-hydrogen) atoms. The van der Waals surface area contributed by atoms with Crippen LogP contribution in [0.5, 0.6) is 40.2 Å². The quantitative estimate of drug-likeness (QED) is 0.0735. The summed E-state index contributed by atoms with van der Waals surface area (Å²) in [5.74, 6) is 4.71. The number of anilines is 1. The lowest BCUT2D eigenvalue weighted by Crippen LogP contribution is -2.38. The maximum Gasteiger partial charge on any atom is 0.255 e. The summed E-state index contributed by atoms with van der Waals surface area (Å²) >= 11 is 0. The predicted octanol–water partition coefficient (Wildman–Crippen LogP) is 9.40. The third kappa shape index (κ3) is 9.42. The molecule has 12 nitrogen and oxygen atoms in total. The Hall–Kier alpha value is -6.04. The summed E-state index contributed by atoms with van der Waals surface area (Å²) < 4.78 is 45.6. The van der Waals surface area contributed by atoms with E-state index in [2.05, 4.69) is 15.8 Å². The molecule has 1 unspecified atom stereocenters. The minimum Gasteiger partial charge on any atom is -0.493 e. The van der Waals surface area contributed by atoms with Crippen LogP contribution in [-0.4, -0.2) is 59.8 Å². The molecule has 0 aliphatic carbocycles. The van der Waals surface area contributed by atoms with Gasteiger partial charge >= 0.3 is 0 Å². The van der Waals surface area contributed by atoms with Gasteiger partial charge in [-0.25, -0.2) is 0 Å². The van der Waals surface area contributed by atoms with E-state index in [0.717, 1.165) is 72.9 Å². The minimum absolute atomic E-state index is 0.0999. The number of rotatable bonds is 20. The predicted molar refractivity (Wildman–Crippen MR) is 215 cm³/mol. The fourth-order valence-corrected chi connectivity index (χ4v) is 6.69. The van der Waals surface area contributed by atoms with Crippen molar-refractivity contribution in [1.82, 2.24) is 10.5 Å². The van der Waals surface area contributed by atoms with Crippen LogP contribution in [0.4, 0.5) is 5.69 Å². The van der Waals surface area contributed by atoms with Gasteiger partial charge in [0.2, 0.25) is 5.75 Å². The molecule has 4 aromatic carbocycles. The first kappa shape index (κ1) is 39.6. The molecule has 2 N–H and O–H groups in total. The zero-order valence-corrected chi connectivity index (χ0v) is 33.0. The Morgan fingerprint density at radius 3 is 1.88 bits per heavy atom. The molecule has 2 heterocycles. The van der Waals surface area contributed by atoms with Gasteiger partial charge in [0.05, 0.1) is 54.3 Å². The van der Waals surface area contributed by atoms with Gasteiger partial charge < -0.3 is 48.3 Å². The van der Waals surface area contributed by atoms with Gasteiger partial charge in [-0.15, -0.1) is 0 Å². The number of nitrogens with zero attached hydrogens (tertiary/aromatic N) is 1. The maximum atomic E-state index is 12.7. The van der Waals surface area contributed by atoms with Gasteiger partial charge in [0.15, 0.2) is 40.3 Å². The van der Waals surface area contributed by atoms with Gasteiger partial charge in [0.25, 0.3) is 5.91 Å². The summed E-state index contributed by atoms with van der Waals surface area (Å²) in [5, 5.41) is 10.7. The molecule has 0 radical (unpaired) electrons. The highest BCUT2D eigenvalue weighted by Gasteiger charge is 2.25. The number of ether oxygens (including phenoxy) is 7. The van der Waals surface area contributed by atoms with Crippen LogP contribution in [-0.2, 0) is 0 Å². The molecule has 12 heteroatoms. The molecule has 296 valence electrons. The summed E-state index contributed by atoms with van der Waals surface area (Å²) in [6, 6.07) is 22.8. The van der Waals surface area contributed by atoms with Gasteiger partial charge in [0.1, 0.15) is 11.9 Å². The monoisotopic (exact) mass is 765 g/mol. The maximum absolute atomic E-state index is 12.7. The lowest BCUT2D eigenvalue weighted by Gasteiger charge is -2.28. The second kappa shape index (κ2) is 19.0. The second-order valence-electron chi connectivity index (χ2n) is 13.5. The Balaban J connectivity index is 0.900. The summed E-state index contributed by atoms with van der Waals surface area (Å²) in [5.41, 5.74) is 5.61. The number of benzene rings is 4. The van der Waals surface area contributed by atoms with Crippen molar-refractivity contribution in [3.63, 3.8) is 0 Å². The largest absolute Gasteiger partial charge is 0.493 e. The topological polar surface area (TPSA) is 132 Å². The highest BCUT2D eigenvalue weighted by atomic mass is 16.5. The Bertz CT molecular complexity index is 2070. The van der Waals surface area contributed by atoms with E-state index in [1.54, 1.807) is 35.5 Å². The van der Waals surface area contributed by atoms with Crippen LogP contribution in [0.25, 0.3) is 22.6 Å². The first-order valence-corrected chi connectivity index (χ1v) is 18.9. The fourth-order valence-electron chi connectivity index (χ4n) is 6.69. The van der Waals surface area contributed by atoms with E-state index < -0.39 is 0 Å². The Labute approximate surface area is 328 Å². The summed E-state index contributed by atoms with van der Waals surface area (Å²) in [6.07, 6.45) is 7.11. The number of carbonyl (C=O) groups is 1. The van der Waals surface area contributed by atoms with Gasteiger partial charge in [-0.05, 0) is 79.9 Å². The van der Waals surface area contributed by atoms with Crippen molar-refractivity contribution in [2.75, 3.05) is 54.1 Å². The number of fused-ring (bicyclic) bond motifs is 1. The number of hydrogen-bond acceptors (Lipinski definition) is 11. The molecule has 1 aliphatic rings. The van der Waals surface area contributed by atoms with Crippen molar-refractivity contribution in [3.05, 3.63) is 89.5 Å². The fraction of sp³-hybridized carbons (Fsp3) is 0.364. The normalized spacial score (nSPS) is 13.2. The minimum atomic E-state index is -0.357. The molecule has 0 bridgehead atoms. The zero-order valence-electron chi connectivity index (χ0n) is 33.0. The lowest BCUT2D eigenvalue weighted by atomic mass is 10.0. The smallest absolute Gasteiger partial charge is 0.255 e. The van der Waals surface area contributed by atoms with E-state index >= 15 is 0 Å². The molecular formula is C44H51N3O9. The Morgan fingerprint density at radius 1 is 0.589 bits per heavy atom. The van der Waals surface area contributed by atoms with Crippen molar-refractivity contribution in [1.29, 1.82) is 0 Å². The van der Waals surface area contributed by atoms with Crippen molar-refractivity contribution >= 4 is 11.6 Å². The van der Waals surface area contributed by atoms with E-state index in [4.69, 9.17) is 37.7 Å². The van der Waals surface area contributed by atoms with Gasteiger partial charge in [-0.2, -0.15) is 0 Å². The van der Waals surface area contributed by atoms with E-state index in [0.29, 0.717) is 70.5 Å². The van der Waals surface area contributed by atoms with E-state index in [-0.39, 0.29) is 12.1 Å². The summed E-state index contributed by atoms with van der Waals surface area (Å²) in [4.78, 5) is 12.7. The number of amides is 1. The molecule has 1 amide bonds. The zero-order chi connectivity index (χ0) is 39.4. The standard InChI is InChI=1S/C44H51N3O9/c1-28-14-17-33-32(22-28)44(48)46-43(45-33)30-16-19-36(38(24-30)50-3)54-20-12-10-8-7-9-11-13-21-55-39-23-29(15-18-35(39)49-2)37-27-34(47-56-37)31-25-40(51-4)42(53-6)41(26-31)52-5/h14-19,22-27,43,45H,7-13,20-21H2,1-6H3,(H,46,48). The van der Waals surface area contributed by atoms with Crippen LogP contribution in [0.2, 0.25) is 0 Å². The van der Waals surface area contributed by atoms with Crippen molar-refractivity contribution in [2.24, 2.45) is 0 Å². The highest BCUT2D eigenvalue weighted by molar-refractivity contribution is 6.02. The molecule has 0 fully saturated rings. The van der Waals surface area contributed by atoms with E-state index in [9.17, 15) is 4.79 Å². The molecule has 0 saturated heterocycles. The van der Waals surface area contributed by atoms with Gasteiger partial charge in [-0.1, -0.05) is 55.0 Å². The van der Waals surface area contributed by atoms with E-state index in [1.165, 1.54) is 0 Å². The number of aromatic nitrogens is 1. The molecule has 5 aromatic rings. The summed E-state index contributed by atoms with van der Waals surface area (Å²) in [7, 11) is 7.98. The van der Waals surface area contributed by atoms with Gasteiger partial charge in [-0.3, -0.25) is 4.79 Å². The number of aryl methyl sites for hydroxylation is 1. The van der Waals surface area contributed by atoms with Crippen LogP contribution in [0.3, 0.4) is 0 Å². The first-order valence-electron chi connectivity index (χ1n) is 18.9. The average Bonchev–Trinajstić information content (AvgIpc) is 3.73. The Morgan fingerprint density at radius 2 is 1.21 bits per heavy atom. The molecule has 1 aliphatic heterocycles. The summed E-state index contributed by atoms with van der Waals surface area (Å²) in [6.45, 7) is 3.16. The van der Waals surface area contributed by atoms with Crippen molar-refractivity contribution < 1.29 is 42.5 Å². The molecule has 0 spiro atoms. The van der Waals surface area contributed by atoms with Crippen LogP contribution in [0.1, 0.15) is 72.6 Å². The van der Waals surface area contributed by atoms with E-state index in [1.807, 2.05) is 79.7 Å². The van der Waals surface area contributed by atoms with Crippen LogP contribution in [0.15, 0.2) is 77.3 Å². The van der Waals surface area contributed by atoms with Gasteiger partial charge in [0, 0.05) is 22.9 Å². The number of methoxy groups -OCH3 is 5. The molecule has 6 rings (SSSR count). The highest BCUT2D eigenvalue weighted by Crippen LogP contribution is 2.42. The Kier molecular flexibility index (Phi) is 13.5. The number of nitrogens with one attached hydrogen (secondary N) is 2. The second-order valence-corrected chi connectivity index (χ2v) is 13.5. The molecule has 0 saturated carbocycles. The molecular weight excluding hydrogens is 714 g/mol. The van der Waals surface area contributed by atoms with Crippen LogP contribution >= 0.6 is 0 Å². The first-order chi connectivity index (χ1) is 27.3. The van der Waals surface area contributed by atoms with Crippen molar-refractivity contribution in [2.45, 2.75) is 58.0 Å². The van der Waals surface area contributed by atoms with Crippen LogP contribution < -0.4 is 43.8 Å². The van der Waals surface area contributed by atoms with Crippen molar-refractivity contribution in [3.8, 4) is 62.8 Å². The number of hydrogen-bond donors (Lipinski definition) is 2. The average molecular weight is 766 g/mol. The SMILES string of the molecule is COc1cc(C2NC(=O)c3cc(C)ccc3N2)ccc1OCCCCCCCCCOc1cc(-c2cc(-c3cc(OC)c(OC)c(OC)c3)no2)ccc1OC. The number of carbonyl (C=O) groups excluding carboxylic acids is 1.